The molecule has 0 amide bonds. The van der Waals surface area contributed by atoms with E-state index in [-0.39, 0.29) is 0 Å². The summed E-state index contributed by atoms with van der Waals surface area (Å²) in [6.45, 7) is 2.98. The molecule has 6 nitrogen and oxygen atoms in total. The van der Waals surface area contributed by atoms with Crippen LogP contribution in [0.15, 0.2) is 34.7 Å². The maximum Gasteiger partial charge on any atom is 0.157 e. The van der Waals surface area contributed by atoms with Gasteiger partial charge in [-0.3, -0.25) is 4.98 Å². The Balaban J connectivity index is 2.19. The van der Waals surface area contributed by atoms with Crippen molar-refractivity contribution in [1.82, 2.24) is 19.9 Å². The largest absolute Gasteiger partial charge is 0.374 e. The number of nitrogens with one attached hydrogen (secondary N) is 1. The van der Waals surface area contributed by atoms with Crippen LogP contribution >= 0.6 is 11.8 Å². The van der Waals surface area contributed by atoms with Gasteiger partial charge in [0.25, 0.3) is 0 Å². The zero-order valence-electron chi connectivity index (χ0n) is 10.8. The molecule has 0 saturated heterocycles. The molecule has 0 aliphatic heterocycles. The molecule has 0 spiro atoms. The maximum atomic E-state index is 5.33. The Hall–Kier alpha value is -1.73. The molecule has 2 rings (SSSR count). The molecule has 0 saturated carbocycles. The Kier molecular flexibility index (Phi) is 5.05. The van der Waals surface area contributed by atoms with Gasteiger partial charge in [0, 0.05) is 32.1 Å². The van der Waals surface area contributed by atoms with Crippen LogP contribution in [0.3, 0.4) is 0 Å². The molecule has 1 N–H and O–H groups in total. The van der Waals surface area contributed by atoms with Crippen LogP contribution in [-0.2, 0) is 11.3 Å². The topological polar surface area (TPSA) is 72.8 Å². The smallest absolute Gasteiger partial charge is 0.157 e. The van der Waals surface area contributed by atoms with Crippen molar-refractivity contribution in [1.29, 1.82) is 0 Å². The van der Waals surface area contributed by atoms with Gasteiger partial charge in [-0.1, -0.05) is 0 Å². The quantitative estimate of drug-likeness (QED) is 0.809. The van der Waals surface area contributed by atoms with Crippen molar-refractivity contribution in [3.05, 3.63) is 30.5 Å². The fourth-order valence-corrected chi connectivity index (χ4v) is 2.12. The SMILES string of the molecule is CCOCc1nc(NC)cc(Sc2cnccn2)n1. The van der Waals surface area contributed by atoms with Gasteiger partial charge in [-0.15, -0.1) is 0 Å². The highest BCUT2D eigenvalue weighted by atomic mass is 32.2. The van der Waals surface area contributed by atoms with Crippen LogP contribution in [0.4, 0.5) is 5.82 Å². The summed E-state index contributed by atoms with van der Waals surface area (Å²) in [6, 6.07) is 1.87. The first kappa shape index (κ1) is 13.7. The number of anilines is 1. The molecule has 0 unspecified atom stereocenters. The Morgan fingerprint density at radius 3 is 2.84 bits per heavy atom. The minimum Gasteiger partial charge on any atom is -0.374 e. The van der Waals surface area contributed by atoms with Gasteiger partial charge in [-0.25, -0.2) is 15.0 Å². The summed E-state index contributed by atoms with van der Waals surface area (Å²) in [7, 11) is 1.82. The van der Waals surface area contributed by atoms with Crippen molar-refractivity contribution in [3.63, 3.8) is 0 Å². The van der Waals surface area contributed by atoms with E-state index in [1.807, 2.05) is 20.0 Å². The molecule has 7 heteroatoms. The minimum atomic E-state index is 0.403. The normalized spacial score (nSPS) is 10.4. The van der Waals surface area contributed by atoms with Crippen LogP contribution in [-0.4, -0.2) is 33.6 Å². The monoisotopic (exact) mass is 277 g/mol. The summed E-state index contributed by atoms with van der Waals surface area (Å²) in [4.78, 5) is 17.0. The predicted octanol–water partition coefficient (Wildman–Crippen LogP) is 2.00. The molecule has 0 aliphatic carbocycles. The number of nitrogens with zero attached hydrogens (tertiary/aromatic N) is 4. The van der Waals surface area contributed by atoms with Gasteiger partial charge < -0.3 is 10.1 Å². The van der Waals surface area contributed by atoms with Gasteiger partial charge in [0.05, 0.1) is 6.20 Å². The second kappa shape index (κ2) is 7.01. The second-order valence-corrected chi connectivity index (χ2v) is 4.58. The number of hydrogen-bond donors (Lipinski definition) is 1. The van der Waals surface area contributed by atoms with Gasteiger partial charge in [-0.2, -0.15) is 0 Å². The average Bonchev–Trinajstić information content (AvgIpc) is 2.46. The summed E-state index contributed by atoms with van der Waals surface area (Å²) in [5.41, 5.74) is 0. The third-order valence-electron chi connectivity index (χ3n) is 2.19. The van der Waals surface area contributed by atoms with Crippen LogP contribution in [0, 0.1) is 0 Å². The highest BCUT2D eigenvalue weighted by Gasteiger charge is 2.06. The predicted molar refractivity (Wildman–Crippen MR) is 73.1 cm³/mol. The molecule has 2 aromatic rings. The highest BCUT2D eigenvalue weighted by molar-refractivity contribution is 7.99. The van der Waals surface area contributed by atoms with Crippen molar-refractivity contribution in [2.75, 3.05) is 19.0 Å². The Bertz CT molecular complexity index is 523. The van der Waals surface area contributed by atoms with Gasteiger partial charge in [0.15, 0.2) is 5.82 Å². The zero-order valence-corrected chi connectivity index (χ0v) is 11.6. The number of hydrogen-bond acceptors (Lipinski definition) is 7. The second-order valence-electron chi connectivity index (χ2n) is 3.54. The minimum absolute atomic E-state index is 0.403. The number of aromatic nitrogens is 4. The summed E-state index contributed by atoms with van der Waals surface area (Å²) in [5.74, 6) is 1.41. The third kappa shape index (κ3) is 4.15. The lowest BCUT2D eigenvalue weighted by Crippen LogP contribution is -2.03. The van der Waals surface area contributed by atoms with Crippen molar-refractivity contribution in [3.8, 4) is 0 Å². The van der Waals surface area contributed by atoms with Crippen LogP contribution in [0.25, 0.3) is 0 Å². The van der Waals surface area contributed by atoms with E-state index in [1.165, 1.54) is 11.8 Å². The molecule has 0 radical (unpaired) electrons. The summed E-state index contributed by atoms with van der Waals surface area (Å²) in [5, 5.41) is 4.63. The van der Waals surface area contributed by atoms with E-state index in [2.05, 4.69) is 25.3 Å². The van der Waals surface area contributed by atoms with Gasteiger partial charge >= 0.3 is 0 Å². The van der Waals surface area contributed by atoms with Crippen LogP contribution < -0.4 is 5.32 Å². The molecule has 100 valence electrons. The maximum absolute atomic E-state index is 5.33. The zero-order chi connectivity index (χ0) is 13.5. The highest BCUT2D eigenvalue weighted by Crippen LogP contribution is 2.25. The van der Waals surface area contributed by atoms with E-state index in [1.54, 1.807) is 18.6 Å². The lowest BCUT2D eigenvalue weighted by molar-refractivity contribution is 0.128. The van der Waals surface area contributed by atoms with Crippen molar-refractivity contribution in [2.45, 2.75) is 23.6 Å². The average molecular weight is 277 g/mol. The van der Waals surface area contributed by atoms with Crippen molar-refractivity contribution < 1.29 is 4.74 Å². The molecule has 2 heterocycles. The summed E-state index contributed by atoms with van der Waals surface area (Å²) >= 11 is 1.44. The van der Waals surface area contributed by atoms with Gasteiger partial charge in [0.2, 0.25) is 0 Å². The first-order valence-electron chi connectivity index (χ1n) is 5.89. The fraction of sp³-hybridized carbons (Fsp3) is 0.333. The lowest BCUT2D eigenvalue weighted by Gasteiger charge is -2.07. The molecular weight excluding hydrogens is 262 g/mol. The van der Waals surface area contributed by atoms with Gasteiger partial charge in [-0.05, 0) is 18.7 Å². The molecule has 19 heavy (non-hydrogen) atoms. The molecule has 0 fully saturated rings. The Morgan fingerprint density at radius 1 is 1.26 bits per heavy atom. The van der Waals surface area contributed by atoms with Crippen LogP contribution in [0.5, 0.6) is 0 Å². The van der Waals surface area contributed by atoms with E-state index < -0.39 is 0 Å². The van der Waals surface area contributed by atoms with E-state index in [0.29, 0.717) is 19.0 Å². The first-order valence-corrected chi connectivity index (χ1v) is 6.70. The Labute approximate surface area is 116 Å². The first-order chi connectivity index (χ1) is 9.31. The van der Waals surface area contributed by atoms with E-state index in [9.17, 15) is 0 Å². The summed E-state index contributed by atoms with van der Waals surface area (Å²) < 4.78 is 5.33. The lowest BCUT2D eigenvalue weighted by atomic mass is 10.5. The van der Waals surface area contributed by atoms with E-state index >= 15 is 0 Å². The van der Waals surface area contributed by atoms with Crippen molar-refractivity contribution >= 4 is 17.6 Å². The van der Waals surface area contributed by atoms with Crippen LogP contribution in [0.1, 0.15) is 12.7 Å². The van der Waals surface area contributed by atoms with Crippen LogP contribution in [0.2, 0.25) is 0 Å². The molecule has 2 aromatic heterocycles. The van der Waals surface area contributed by atoms with Crippen molar-refractivity contribution in [2.24, 2.45) is 0 Å². The van der Waals surface area contributed by atoms with E-state index in [4.69, 9.17) is 4.74 Å². The standard InChI is InChI=1S/C12H15N5OS/c1-3-18-8-10-16-9(13-2)6-11(17-10)19-12-7-14-4-5-15-12/h4-7H,3,8H2,1-2H3,(H,13,16,17). The van der Waals surface area contributed by atoms with E-state index in [0.717, 1.165) is 15.9 Å². The molecule has 0 atom stereocenters. The third-order valence-corrected chi connectivity index (χ3v) is 3.03. The summed E-state index contributed by atoms with van der Waals surface area (Å²) in [6.07, 6.45) is 5.00. The number of rotatable bonds is 6. The fourth-order valence-electron chi connectivity index (χ4n) is 1.36. The molecule has 0 aliphatic rings. The Morgan fingerprint density at radius 2 is 2.16 bits per heavy atom. The molecular formula is C12H15N5OS. The molecule has 0 aromatic carbocycles. The van der Waals surface area contributed by atoms with Gasteiger partial charge in [0.1, 0.15) is 22.5 Å². The number of ether oxygens (including phenoxy) is 1. The molecule has 0 bridgehead atoms.